The lowest BCUT2D eigenvalue weighted by Gasteiger charge is -2.12. The summed E-state index contributed by atoms with van der Waals surface area (Å²) in [7, 11) is 0. The maximum absolute atomic E-state index is 5.00. The number of hydrogen-bond acceptors (Lipinski definition) is 2. The fraction of sp³-hybridized carbons (Fsp3) is 0. The fourth-order valence-corrected chi connectivity index (χ4v) is 5.00. The van der Waals surface area contributed by atoms with Crippen molar-refractivity contribution in [3.63, 3.8) is 0 Å². The van der Waals surface area contributed by atoms with Gasteiger partial charge in [0.15, 0.2) is 0 Å². The molecule has 0 atom stereocenters. The number of aromatic nitrogens is 2. The van der Waals surface area contributed by atoms with E-state index >= 15 is 0 Å². The molecule has 0 saturated carbocycles. The lowest BCUT2D eigenvalue weighted by atomic mass is 9.93. The number of benzene rings is 5. The van der Waals surface area contributed by atoms with Crippen LogP contribution < -0.4 is 0 Å². The Labute approximate surface area is 197 Å². The topological polar surface area (TPSA) is 25.8 Å². The molecule has 0 aliphatic carbocycles. The molecule has 0 unspecified atom stereocenters. The van der Waals surface area contributed by atoms with Crippen molar-refractivity contribution in [3.05, 3.63) is 121 Å². The summed E-state index contributed by atoms with van der Waals surface area (Å²) in [6.45, 7) is 0. The van der Waals surface area contributed by atoms with Gasteiger partial charge in [0.25, 0.3) is 0 Å². The van der Waals surface area contributed by atoms with Crippen molar-refractivity contribution >= 4 is 43.4 Å². The molecule has 0 spiro atoms. The van der Waals surface area contributed by atoms with Gasteiger partial charge >= 0.3 is 0 Å². The summed E-state index contributed by atoms with van der Waals surface area (Å²) in [5, 5.41) is 7.33. The van der Waals surface area contributed by atoms with E-state index in [0.717, 1.165) is 33.1 Å². The second-order valence-electron chi connectivity index (χ2n) is 8.68. The first-order valence-corrected chi connectivity index (χ1v) is 11.5. The highest BCUT2D eigenvalue weighted by Gasteiger charge is 2.10. The van der Waals surface area contributed by atoms with Gasteiger partial charge in [-0.05, 0) is 50.9 Å². The molecule has 7 rings (SSSR count). The summed E-state index contributed by atoms with van der Waals surface area (Å²) in [6, 6.07) is 40.8. The Morgan fingerprint density at radius 2 is 1.09 bits per heavy atom. The van der Waals surface area contributed by atoms with Crippen LogP contribution in [0, 0.1) is 0 Å². The maximum atomic E-state index is 5.00. The zero-order chi connectivity index (χ0) is 22.5. The van der Waals surface area contributed by atoms with Crippen molar-refractivity contribution in [1.82, 2.24) is 9.97 Å². The molecule has 0 radical (unpaired) electrons. The van der Waals surface area contributed by atoms with Crippen molar-refractivity contribution in [2.75, 3.05) is 0 Å². The second-order valence-corrected chi connectivity index (χ2v) is 8.68. The molecule has 0 amide bonds. The van der Waals surface area contributed by atoms with Gasteiger partial charge in [-0.1, -0.05) is 97.1 Å². The minimum Gasteiger partial charge on any atom is -0.254 e. The largest absolute Gasteiger partial charge is 0.254 e. The summed E-state index contributed by atoms with van der Waals surface area (Å²) in [6.07, 6.45) is 1.83. The van der Waals surface area contributed by atoms with Gasteiger partial charge in [0.1, 0.15) is 0 Å². The number of rotatable bonds is 2. The summed E-state index contributed by atoms with van der Waals surface area (Å²) in [4.78, 5) is 9.59. The lowest BCUT2D eigenvalue weighted by molar-refractivity contribution is 1.37. The predicted molar refractivity (Wildman–Crippen MR) is 143 cm³/mol. The van der Waals surface area contributed by atoms with Crippen LogP contribution in [0.5, 0.6) is 0 Å². The number of fused-ring (bicyclic) bond motifs is 6. The first-order chi connectivity index (χ1) is 16.8. The normalized spacial score (nSPS) is 11.5. The van der Waals surface area contributed by atoms with E-state index in [9.17, 15) is 0 Å². The Morgan fingerprint density at radius 3 is 1.94 bits per heavy atom. The fourth-order valence-electron chi connectivity index (χ4n) is 5.00. The molecule has 0 saturated heterocycles. The highest BCUT2D eigenvalue weighted by Crippen LogP contribution is 2.35. The van der Waals surface area contributed by atoms with E-state index in [-0.39, 0.29) is 0 Å². The predicted octanol–water partition coefficient (Wildman–Crippen LogP) is 8.42. The zero-order valence-electron chi connectivity index (χ0n) is 18.4. The van der Waals surface area contributed by atoms with E-state index < -0.39 is 0 Å². The quantitative estimate of drug-likeness (QED) is 0.256. The standard InChI is InChI=1S/C32H20N2/c1-2-8-26-25(6-1)20-29(28-10-4-3-9-27(26)28)21-11-13-22(14-12-21)30-18-17-24-16-15-23-7-5-19-33-31(23)32(24)34-30/h1-20H. The third kappa shape index (κ3) is 2.96. The Morgan fingerprint density at radius 1 is 0.441 bits per heavy atom. The highest BCUT2D eigenvalue weighted by molar-refractivity contribution is 6.13. The van der Waals surface area contributed by atoms with Gasteiger partial charge in [-0.25, -0.2) is 4.98 Å². The molecule has 2 nitrogen and oxygen atoms in total. The van der Waals surface area contributed by atoms with E-state index in [2.05, 4.69) is 114 Å². The van der Waals surface area contributed by atoms with Crippen molar-refractivity contribution < 1.29 is 0 Å². The smallest absolute Gasteiger partial charge is 0.0972 e. The highest BCUT2D eigenvalue weighted by atomic mass is 14.7. The van der Waals surface area contributed by atoms with Crippen molar-refractivity contribution in [2.24, 2.45) is 0 Å². The zero-order valence-corrected chi connectivity index (χ0v) is 18.4. The summed E-state index contributed by atoms with van der Waals surface area (Å²) in [5.41, 5.74) is 6.41. The third-order valence-corrected chi connectivity index (χ3v) is 6.69. The van der Waals surface area contributed by atoms with E-state index in [1.165, 1.54) is 32.7 Å². The molecule has 5 aromatic carbocycles. The van der Waals surface area contributed by atoms with Crippen LogP contribution in [0.4, 0.5) is 0 Å². The van der Waals surface area contributed by atoms with Crippen LogP contribution in [0.2, 0.25) is 0 Å². The molecule has 7 aromatic rings. The number of pyridine rings is 2. The molecule has 2 aromatic heterocycles. The summed E-state index contributed by atoms with van der Waals surface area (Å²) < 4.78 is 0. The van der Waals surface area contributed by atoms with E-state index in [1.807, 2.05) is 12.3 Å². The van der Waals surface area contributed by atoms with Crippen LogP contribution in [0.15, 0.2) is 121 Å². The van der Waals surface area contributed by atoms with Crippen molar-refractivity contribution in [3.8, 4) is 22.4 Å². The molecule has 2 heterocycles. The van der Waals surface area contributed by atoms with Crippen LogP contribution in [0.25, 0.3) is 65.7 Å². The summed E-state index contributed by atoms with van der Waals surface area (Å²) in [5.74, 6) is 0. The lowest BCUT2D eigenvalue weighted by Crippen LogP contribution is -1.89. The van der Waals surface area contributed by atoms with Crippen LogP contribution in [-0.2, 0) is 0 Å². The molecule has 34 heavy (non-hydrogen) atoms. The second kappa shape index (κ2) is 7.50. The van der Waals surface area contributed by atoms with Gasteiger partial charge < -0.3 is 0 Å². The van der Waals surface area contributed by atoms with E-state index in [4.69, 9.17) is 4.98 Å². The van der Waals surface area contributed by atoms with Gasteiger partial charge in [0, 0.05) is 22.5 Å². The van der Waals surface area contributed by atoms with E-state index in [0.29, 0.717) is 0 Å². The van der Waals surface area contributed by atoms with Crippen LogP contribution >= 0.6 is 0 Å². The first-order valence-electron chi connectivity index (χ1n) is 11.5. The van der Waals surface area contributed by atoms with Crippen molar-refractivity contribution in [1.29, 1.82) is 0 Å². The monoisotopic (exact) mass is 432 g/mol. The van der Waals surface area contributed by atoms with Crippen molar-refractivity contribution in [2.45, 2.75) is 0 Å². The van der Waals surface area contributed by atoms with Gasteiger partial charge in [0.05, 0.1) is 16.7 Å². The van der Waals surface area contributed by atoms with Gasteiger partial charge in [-0.15, -0.1) is 0 Å². The number of hydrogen-bond donors (Lipinski definition) is 0. The van der Waals surface area contributed by atoms with Gasteiger partial charge in [0.2, 0.25) is 0 Å². The Kier molecular flexibility index (Phi) is 4.18. The molecule has 2 heteroatoms. The Hall–Kier alpha value is -4.56. The van der Waals surface area contributed by atoms with Gasteiger partial charge in [-0.3, -0.25) is 4.98 Å². The SMILES string of the molecule is c1ccc2c(c1)cc(-c1ccc(-c3ccc4ccc5cccnc5c4n3)cc1)c1ccccc12. The minimum absolute atomic E-state index is 0.945. The minimum atomic E-state index is 0.945. The molecular weight excluding hydrogens is 412 g/mol. The molecule has 0 fully saturated rings. The average Bonchev–Trinajstić information content (AvgIpc) is 2.92. The van der Waals surface area contributed by atoms with Crippen LogP contribution in [-0.4, -0.2) is 9.97 Å². The number of nitrogens with zero attached hydrogens (tertiary/aromatic N) is 2. The van der Waals surface area contributed by atoms with Crippen LogP contribution in [0.1, 0.15) is 0 Å². The van der Waals surface area contributed by atoms with E-state index in [1.54, 1.807) is 0 Å². The average molecular weight is 433 g/mol. The van der Waals surface area contributed by atoms with Crippen LogP contribution in [0.3, 0.4) is 0 Å². The summed E-state index contributed by atoms with van der Waals surface area (Å²) >= 11 is 0. The maximum Gasteiger partial charge on any atom is 0.0972 e. The van der Waals surface area contributed by atoms with Gasteiger partial charge in [-0.2, -0.15) is 0 Å². The third-order valence-electron chi connectivity index (χ3n) is 6.69. The molecule has 0 N–H and O–H groups in total. The first kappa shape index (κ1) is 19.0. The molecule has 158 valence electrons. The molecule has 0 bridgehead atoms. The molecule has 0 aliphatic rings. The molecule has 0 aliphatic heterocycles. The Bertz CT molecular complexity index is 1850. The Balaban J connectivity index is 1.37. The molecular formula is C32H20N2.